The highest BCUT2D eigenvalue weighted by molar-refractivity contribution is 7.47. The van der Waals surface area contributed by atoms with Crippen molar-refractivity contribution in [3.63, 3.8) is 0 Å². The predicted molar refractivity (Wildman–Crippen MR) is 183 cm³/mol. The van der Waals surface area contributed by atoms with Gasteiger partial charge in [0.2, 0.25) is 0 Å². The lowest BCUT2D eigenvalue weighted by Crippen LogP contribution is -2.29. The van der Waals surface area contributed by atoms with Gasteiger partial charge in [-0.05, 0) is 51.4 Å². The van der Waals surface area contributed by atoms with Gasteiger partial charge < -0.3 is 20.1 Å². The molecule has 0 saturated carbocycles. The summed E-state index contributed by atoms with van der Waals surface area (Å²) >= 11 is 0. The van der Waals surface area contributed by atoms with Gasteiger partial charge in [0.25, 0.3) is 0 Å². The van der Waals surface area contributed by atoms with Crippen molar-refractivity contribution < 1.29 is 37.6 Å². The summed E-state index contributed by atoms with van der Waals surface area (Å²) in [7, 11) is -4.37. The second kappa shape index (κ2) is 32.2. The smallest absolute Gasteiger partial charge is 0.462 e. The van der Waals surface area contributed by atoms with E-state index in [9.17, 15) is 19.0 Å². The third-order valence-electron chi connectivity index (χ3n) is 7.03. The first-order valence-electron chi connectivity index (χ1n) is 17.5. The quantitative estimate of drug-likeness (QED) is 0.0314. The first-order chi connectivity index (χ1) is 21.8. The van der Waals surface area contributed by atoms with Gasteiger partial charge in [0.15, 0.2) is 6.10 Å². The largest absolute Gasteiger partial charge is 0.472 e. The van der Waals surface area contributed by atoms with Crippen LogP contribution < -0.4 is 5.73 Å². The van der Waals surface area contributed by atoms with Crippen molar-refractivity contribution in [3.8, 4) is 0 Å². The van der Waals surface area contributed by atoms with Gasteiger partial charge in [0, 0.05) is 19.4 Å². The van der Waals surface area contributed by atoms with E-state index in [-0.39, 0.29) is 32.6 Å². The average molecular weight is 658 g/mol. The molecule has 0 rings (SSSR count). The van der Waals surface area contributed by atoms with E-state index in [0.717, 1.165) is 51.4 Å². The Morgan fingerprint density at radius 3 is 1.76 bits per heavy atom. The summed E-state index contributed by atoms with van der Waals surface area (Å²) < 4.78 is 32.5. The van der Waals surface area contributed by atoms with E-state index in [1.807, 2.05) is 0 Å². The zero-order chi connectivity index (χ0) is 33.3. The number of rotatable bonds is 32. The number of phosphoric acid groups is 1. The molecule has 1 unspecified atom stereocenters. The number of ether oxygens (including phenoxy) is 2. The van der Waals surface area contributed by atoms with Crippen molar-refractivity contribution in [2.45, 2.75) is 148 Å². The lowest BCUT2D eigenvalue weighted by Gasteiger charge is -2.19. The van der Waals surface area contributed by atoms with Gasteiger partial charge >= 0.3 is 19.8 Å². The van der Waals surface area contributed by atoms with E-state index < -0.39 is 32.5 Å². The molecule has 262 valence electrons. The fraction of sp³-hybridized carbons (Fsp3) is 0.771. The molecule has 0 aliphatic carbocycles. The SMILES string of the molecule is CCCCC/C=C\C/C=C\C/C=C\CCCCC(=O)O[C@H](COC(=O)CCCCCCCCCCC)COP(=O)(O)OCCN. The van der Waals surface area contributed by atoms with Gasteiger partial charge in [-0.25, -0.2) is 4.57 Å². The number of carbonyl (C=O) groups excluding carboxylic acids is 2. The van der Waals surface area contributed by atoms with Crippen molar-refractivity contribution in [2.24, 2.45) is 5.73 Å². The van der Waals surface area contributed by atoms with Crippen LogP contribution in [0.2, 0.25) is 0 Å². The Balaban J connectivity index is 4.35. The fourth-order valence-corrected chi connectivity index (χ4v) is 5.17. The summed E-state index contributed by atoms with van der Waals surface area (Å²) in [5.74, 6) is -0.880. The Morgan fingerprint density at radius 2 is 1.16 bits per heavy atom. The van der Waals surface area contributed by atoms with Crippen LogP contribution >= 0.6 is 7.82 Å². The van der Waals surface area contributed by atoms with Crippen LogP contribution in [0.1, 0.15) is 142 Å². The van der Waals surface area contributed by atoms with Gasteiger partial charge in [-0.1, -0.05) is 115 Å². The van der Waals surface area contributed by atoms with Crippen LogP contribution in [0.25, 0.3) is 0 Å². The molecule has 0 fully saturated rings. The average Bonchev–Trinajstić information content (AvgIpc) is 3.02. The molecule has 0 aromatic rings. The Morgan fingerprint density at radius 1 is 0.667 bits per heavy atom. The van der Waals surface area contributed by atoms with Gasteiger partial charge in [-0.3, -0.25) is 18.6 Å². The molecule has 0 bridgehead atoms. The number of phosphoric ester groups is 1. The molecule has 45 heavy (non-hydrogen) atoms. The van der Waals surface area contributed by atoms with E-state index in [2.05, 4.69) is 50.3 Å². The van der Waals surface area contributed by atoms with Crippen LogP contribution in [-0.4, -0.2) is 49.3 Å². The second-order valence-corrected chi connectivity index (χ2v) is 12.8. The maximum Gasteiger partial charge on any atom is 0.472 e. The van der Waals surface area contributed by atoms with E-state index in [4.69, 9.17) is 24.3 Å². The van der Waals surface area contributed by atoms with Gasteiger partial charge in [-0.15, -0.1) is 0 Å². The van der Waals surface area contributed by atoms with E-state index in [1.54, 1.807) is 0 Å². The number of allylic oxidation sites excluding steroid dienone is 6. The number of hydrogen-bond acceptors (Lipinski definition) is 8. The molecule has 9 nitrogen and oxygen atoms in total. The molecule has 0 amide bonds. The number of nitrogens with two attached hydrogens (primary N) is 1. The minimum absolute atomic E-state index is 0.0472. The van der Waals surface area contributed by atoms with Crippen molar-refractivity contribution in [2.75, 3.05) is 26.4 Å². The summed E-state index contributed by atoms with van der Waals surface area (Å²) in [4.78, 5) is 34.5. The minimum atomic E-state index is -4.37. The van der Waals surface area contributed by atoms with Crippen molar-refractivity contribution >= 4 is 19.8 Å². The minimum Gasteiger partial charge on any atom is -0.462 e. The third kappa shape index (κ3) is 32.0. The van der Waals surface area contributed by atoms with Crippen LogP contribution in [0, 0.1) is 0 Å². The molecule has 0 aromatic carbocycles. The Hall–Kier alpha value is -1.77. The predicted octanol–water partition coefficient (Wildman–Crippen LogP) is 9.04. The number of esters is 2. The highest BCUT2D eigenvalue weighted by atomic mass is 31.2. The lowest BCUT2D eigenvalue weighted by molar-refractivity contribution is -0.161. The zero-order valence-electron chi connectivity index (χ0n) is 28.3. The van der Waals surface area contributed by atoms with E-state index >= 15 is 0 Å². The van der Waals surface area contributed by atoms with Gasteiger partial charge in [0.05, 0.1) is 13.2 Å². The molecule has 0 spiro atoms. The Bertz CT molecular complexity index is 846. The molecule has 2 atom stereocenters. The molecule has 0 radical (unpaired) electrons. The maximum atomic E-state index is 12.5. The molecule has 10 heteroatoms. The van der Waals surface area contributed by atoms with Crippen molar-refractivity contribution in [3.05, 3.63) is 36.5 Å². The van der Waals surface area contributed by atoms with E-state index in [1.165, 1.54) is 57.8 Å². The molecular formula is C35H64NO8P. The monoisotopic (exact) mass is 657 g/mol. The zero-order valence-corrected chi connectivity index (χ0v) is 29.2. The molecule has 3 N–H and O–H groups in total. The number of carbonyl (C=O) groups is 2. The molecule has 0 aliphatic rings. The molecule has 0 saturated heterocycles. The Kier molecular flexibility index (Phi) is 30.9. The summed E-state index contributed by atoms with van der Waals surface area (Å²) in [5, 5.41) is 0. The summed E-state index contributed by atoms with van der Waals surface area (Å²) in [6.07, 6.45) is 31.8. The normalized spacial score (nSPS) is 14.0. The second-order valence-electron chi connectivity index (χ2n) is 11.4. The lowest BCUT2D eigenvalue weighted by atomic mass is 10.1. The first-order valence-corrected chi connectivity index (χ1v) is 19.0. The van der Waals surface area contributed by atoms with Crippen molar-refractivity contribution in [1.82, 2.24) is 0 Å². The maximum absolute atomic E-state index is 12.5. The molecule has 0 aliphatic heterocycles. The standard InChI is InChI=1S/C35H64NO8P/c1-3-5-7-9-11-13-14-15-16-17-18-20-22-24-26-28-35(38)44-33(32-43-45(39,40)42-30-29-36)31-41-34(37)27-25-23-21-19-12-10-8-6-4-2/h11,13,15-16,18,20,33H,3-10,12,14,17,19,21-32,36H2,1-2H3,(H,39,40)/b13-11-,16-15-,20-18-/t33-/m1/s1. The Labute approximate surface area is 274 Å². The van der Waals surface area contributed by atoms with Crippen molar-refractivity contribution in [1.29, 1.82) is 0 Å². The van der Waals surface area contributed by atoms with Crippen LogP contribution in [0.4, 0.5) is 0 Å². The van der Waals surface area contributed by atoms with Crippen LogP contribution in [0.15, 0.2) is 36.5 Å². The summed E-state index contributed by atoms with van der Waals surface area (Å²) in [6.45, 7) is 3.60. The topological polar surface area (TPSA) is 134 Å². The number of hydrogen-bond donors (Lipinski definition) is 2. The third-order valence-corrected chi connectivity index (χ3v) is 8.01. The first kappa shape index (κ1) is 43.2. The summed E-state index contributed by atoms with van der Waals surface area (Å²) in [6, 6.07) is 0. The molecule has 0 aromatic heterocycles. The number of unbranched alkanes of at least 4 members (excludes halogenated alkanes) is 13. The summed E-state index contributed by atoms with van der Waals surface area (Å²) in [5.41, 5.74) is 5.31. The molecule has 0 heterocycles. The molecular weight excluding hydrogens is 593 g/mol. The van der Waals surface area contributed by atoms with Gasteiger partial charge in [0.1, 0.15) is 6.61 Å². The fourth-order valence-electron chi connectivity index (χ4n) is 4.40. The van der Waals surface area contributed by atoms with Crippen LogP contribution in [-0.2, 0) is 32.7 Å². The van der Waals surface area contributed by atoms with Gasteiger partial charge in [-0.2, -0.15) is 0 Å². The van der Waals surface area contributed by atoms with E-state index in [0.29, 0.717) is 6.42 Å². The van der Waals surface area contributed by atoms with Crippen LogP contribution in [0.5, 0.6) is 0 Å². The highest BCUT2D eigenvalue weighted by Crippen LogP contribution is 2.43. The highest BCUT2D eigenvalue weighted by Gasteiger charge is 2.25. The van der Waals surface area contributed by atoms with Crippen LogP contribution in [0.3, 0.4) is 0 Å².